The van der Waals surface area contributed by atoms with Gasteiger partial charge in [-0.3, -0.25) is 9.59 Å². The number of hydrogen-bond donors (Lipinski definition) is 1. The standard InChI is InChI=1S/C26H32Cl2N2O2S/c1-3-24(26(32)29-20-11-6-7-12-20)30(15-19-10-5-4-9-18(19)2)25(31)17-33-16-21-22(27)13-8-14-23(21)28/h4-5,8-10,13-14,20,24H,3,6-7,11-12,15-17H2,1-2H3,(H,29,32)/t24-/m1/s1. The molecule has 0 heterocycles. The van der Waals surface area contributed by atoms with Gasteiger partial charge in [0.25, 0.3) is 0 Å². The van der Waals surface area contributed by atoms with E-state index in [1.165, 1.54) is 11.8 Å². The van der Waals surface area contributed by atoms with Gasteiger partial charge in [0.2, 0.25) is 11.8 Å². The first-order chi connectivity index (χ1) is 15.9. The molecule has 0 saturated heterocycles. The molecule has 0 aliphatic heterocycles. The first-order valence-electron chi connectivity index (χ1n) is 11.6. The predicted octanol–water partition coefficient (Wildman–Crippen LogP) is 6.40. The van der Waals surface area contributed by atoms with Crippen LogP contribution < -0.4 is 5.32 Å². The molecule has 7 heteroatoms. The van der Waals surface area contributed by atoms with Crippen LogP contribution in [0.2, 0.25) is 10.0 Å². The van der Waals surface area contributed by atoms with Crippen LogP contribution in [0.3, 0.4) is 0 Å². The monoisotopic (exact) mass is 506 g/mol. The highest BCUT2D eigenvalue weighted by Gasteiger charge is 2.30. The Balaban J connectivity index is 1.73. The summed E-state index contributed by atoms with van der Waals surface area (Å²) in [5.74, 6) is 0.680. The van der Waals surface area contributed by atoms with E-state index in [9.17, 15) is 9.59 Å². The van der Waals surface area contributed by atoms with Gasteiger partial charge < -0.3 is 10.2 Å². The molecular weight excluding hydrogens is 475 g/mol. The third-order valence-corrected chi connectivity index (χ3v) is 7.88. The minimum Gasteiger partial charge on any atom is -0.352 e. The van der Waals surface area contributed by atoms with Crippen molar-refractivity contribution in [2.75, 3.05) is 5.75 Å². The van der Waals surface area contributed by atoms with Crippen molar-refractivity contribution in [2.45, 2.75) is 70.3 Å². The Morgan fingerprint density at radius 2 is 1.76 bits per heavy atom. The smallest absolute Gasteiger partial charge is 0.243 e. The van der Waals surface area contributed by atoms with Gasteiger partial charge >= 0.3 is 0 Å². The Kier molecular flexibility index (Phi) is 9.96. The maximum Gasteiger partial charge on any atom is 0.243 e. The molecular formula is C26H32Cl2N2O2S. The van der Waals surface area contributed by atoms with Gasteiger partial charge in [-0.15, -0.1) is 11.8 Å². The molecule has 0 unspecified atom stereocenters. The number of benzene rings is 2. The molecule has 1 saturated carbocycles. The van der Waals surface area contributed by atoms with Crippen molar-refractivity contribution in [3.63, 3.8) is 0 Å². The lowest BCUT2D eigenvalue weighted by Gasteiger charge is -2.32. The fraction of sp³-hybridized carbons (Fsp3) is 0.462. The molecule has 33 heavy (non-hydrogen) atoms. The quantitative estimate of drug-likeness (QED) is 0.405. The average molecular weight is 508 g/mol. The third-order valence-electron chi connectivity index (χ3n) is 6.22. The maximum atomic E-state index is 13.4. The van der Waals surface area contributed by atoms with Crippen molar-refractivity contribution in [3.05, 3.63) is 69.2 Å². The zero-order valence-electron chi connectivity index (χ0n) is 19.3. The number of rotatable bonds is 10. The van der Waals surface area contributed by atoms with Gasteiger partial charge in [0.15, 0.2) is 0 Å². The fourth-order valence-electron chi connectivity index (χ4n) is 4.25. The molecule has 1 aliphatic carbocycles. The van der Waals surface area contributed by atoms with Crippen LogP contribution in [-0.2, 0) is 21.9 Å². The lowest BCUT2D eigenvalue weighted by atomic mass is 10.1. The van der Waals surface area contributed by atoms with Crippen LogP contribution in [0.1, 0.15) is 55.7 Å². The Hall–Kier alpha value is -1.69. The Morgan fingerprint density at radius 1 is 1.09 bits per heavy atom. The molecule has 178 valence electrons. The topological polar surface area (TPSA) is 49.4 Å². The van der Waals surface area contributed by atoms with Crippen molar-refractivity contribution in [1.29, 1.82) is 0 Å². The maximum absolute atomic E-state index is 13.4. The summed E-state index contributed by atoms with van der Waals surface area (Å²) in [5.41, 5.74) is 2.99. The van der Waals surface area contributed by atoms with Gasteiger partial charge in [-0.2, -0.15) is 0 Å². The molecule has 0 spiro atoms. The third kappa shape index (κ3) is 7.14. The highest BCUT2D eigenvalue weighted by molar-refractivity contribution is 7.99. The summed E-state index contributed by atoms with van der Waals surface area (Å²) in [5, 5.41) is 4.39. The van der Waals surface area contributed by atoms with Gasteiger partial charge in [0, 0.05) is 28.4 Å². The van der Waals surface area contributed by atoms with Crippen LogP contribution >= 0.6 is 35.0 Å². The lowest BCUT2D eigenvalue weighted by Crippen LogP contribution is -2.51. The van der Waals surface area contributed by atoms with E-state index in [0.717, 1.165) is 42.4 Å². The molecule has 2 aromatic rings. The molecule has 0 bridgehead atoms. The van der Waals surface area contributed by atoms with E-state index in [-0.39, 0.29) is 23.6 Å². The van der Waals surface area contributed by atoms with E-state index < -0.39 is 6.04 Å². The number of hydrogen-bond acceptors (Lipinski definition) is 3. The SMILES string of the molecule is CC[C@H](C(=O)NC1CCCC1)N(Cc1ccccc1C)C(=O)CSCc1c(Cl)cccc1Cl. The first-order valence-corrected chi connectivity index (χ1v) is 13.5. The van der Waals surface area contributed by atoms with Crippen molar-refractivity contribution in [2.24, 2.45) is 0 Å². The summed E-state index contributed by atoms with van der Waals surface area (Å²) in [4.78, 5) is 28.4. The van der Waals surface area contributed by atoms with E-state index in [1.54, 1.807) is 17.0 Å². The van der Waals surface area contributed by atoms with E-state index >= 15 is 0 Å². The average Bonchev–Trinajstić information content (AvgIpc) is 3.29. The van der Waals surface area contributed by atoms with Gasteiger partial charge in [0.1, 0.15) is 6.04 Å². The zero-order chi connectivity index (χ0) is 23.8. The van der Waals surface area contributed by atoms with Gasteiger partial charge in [-0.1, -0.05) is 73.3 Å². The molecule has 1 N–H and O–H groups in total. The lowest BCUT2D eigenvalue weighted by molar-refractivity contribution is -0.139. The van der Waals surface area contributed by atoms with E-state index in [2.05, 4.69) is 5.32 Å². The minimum atomic E-state index is -0.498. The molecule has 1 atom stereocenters. The van der Waals surface area contributed by atoms with E-state index in [1.807, 2.05) is 44.2 Å². The summed E-state index contributed by atoms with van der Waals surface area (Å²) in [6.07, 6.45) is 4.89. The number of thioether (sulfide) groups is 1. The minimum absolute atomic E-state index is 0.0505. The molecule has 1 fully saturated rings. The second-order valence-electron chi connectivity index (χ2n) is 8.56. The molecule has 0 aromatic heterocycles. The van der Waals surface area contributed by atoms with Gasteiger partial charge in [-0.25, -0.2) is 0 Å². The van der Waals surface area contributed by atoms with Gasteiger partial charge in [-0.05, 0) is 55.0 Å². The van der Waals surface area contributed by atoms with Crippen LogP contribution in [0.25, 0.3) is 0 Å². The second kappa shape index (κ2) is 12.7. The number of nitrogens with zero attached hydrogens (tertiary/aromatic N) is 1. The summed E-state index contributed by atoms with van der Waals surface area (Å²) < 4.78 is 0. The van der Waals surface area contributed by atoms with E-state index in [4.69, 9.17) is 23.2 Å². The van der Waals surface area contributed by atoms with E-state index in [0.29, 0.717) is 28.8 Å². The van der Waals surface area contributed by atoms with Crippen LogP contribution in [0.15, 0.2) is 42.5 Å². The number of aryl methyl sites for hydroxylation is 1. The van der Waals surface area contributed by atoms with Crippen molar-refractivity contribution < 1.29 is 9.59 Å². The number of carbonyl (C=O) groups is 2. The Labute approximate surface area is 211 Å². The highest BCUT2D eigenvalue weighted by Crippen LogP contribution is 2.29. The molecule has 2 amide bonds. The second-order valence-corrected chi connectivity index (χ2v) is 10.4. The number of nitrogens with one attached hydrogen (secondary N) is 1. The first kappa shape index (κ1) is 25.9. The van der Waals surface area contributed by atoms with Crippen molar-refractivity contribution in [3.8, 4) is 0 Å². The van der Waals surface area contributed by atoms with Crippen molar-refractivity contribution in [1.82, 2.24) is 10.2 Å². The van der Waals surface area contributed by atoms with Crippen LogP contribution in [0, 0.1) is 6.92 Å². The Bertz CT molecular complexity index is 943. The van der Waals surface area contributed by atoms with Crippen molar-refractivity contribution >= 4 is 46.8 Å². The molecule has 4 nitrogen and oxygen atoms in total. The molecule has 2 aromatic carbocycles. The molecule has 3 rings (SSSR count). The summed E-state index contributed by atoms with van der Waals surface area (Å²) >= 11 is 14.0. The highest BCUT2D eigenvalue weighted by atomic mass is 35.5. The van der Waals surface area contributed by atoms with Crippen LogP contribution in [-0.4, -0.2) is 34.6 Å². The van der Waals surface area contributed by atoms with Crippen LogP contribution in [0.4, 0.5) is 0 Å². The zero-order valence-corrected chi connectivity index (χ0v) is 21.6. The number of carbonyl (C=O) groups excluding carboxylic acids is 2. The molecule has 0 radical (unpaired) electrons. The van der Waals surface area contributed by atoms with Gasteiger partial charge in [0.05, 0.1) is 5.75 Å². The largest absolute Gasteiger partial charge is 0.352 e. The fourth-order valence-corrected chi connectivity index (χ4v) is 5.90. The Morgan fingerprint density at radius 3 is 2.39 bits per heavy atom. The predicted molar refractivity (Wildman–Crippen MR) is 139 cm³/mol. The summed E-state index contributed by atoms with van der Waals surface area (Å²) in [6, 6.07) is 13.1. The van der Waals surface area contributed by atoms with Crippen LogP contribution in [0.5, 0.6) is 0 Å². The summed E-state index contributed by atoms with van der Waals surface area (Å²) in [7, 11) is 0. The molecule has 1 aliphatic rings. The number of halogens is 2. The normalized spacial score (nSPS) is 14.8. The number of amides is 2. The summed E-state index contributed by atoms with van der Waals surface area (Å²) in [6.45, 7) is 4.41.